The van der Waals surface area contributed by atoms with Crippen LogP contribution in [0.3, 0.4) is 0 Å². The van der Waals surface area contributed by atoms with Crippen LogP contribution in [0.25, 0.3) is 22.0 Å². The summed E-state index contributed by atoms with van der Waals surface area (Å²) in [6.07, 6.45) is 4.29. The molecular formula is C33H39FN6O3+2. The third-order valence-corrected chi connectivity index (χ3v) is 8.85. The molecule has 1 amide bonds. The second kappa shape index (κ2) is 12.2. The highest BCUT2D eigenvalue weighted by Gasteiger charge is 2.27. The van der Waals surface area contributed by atoms with Crippen LogP contribution in [0.15, 0.2) is 60.8 Å². The highest BCUT2D eigenvalue weighted by atomic mass is 19.1. The maximum atomic E-state index is 14.5. The molecule has 9 nitrogen and oxygen atoms in total. The number of anilines is 1. The minimum atomic E-state index is -0.282. The molecule has 10 heteroatoms. The van der Waals surface area contributed by atoms with Crippen LogP contribution < -0.4 is 25.0 Å². The fraction of sp³-hybridized carbons (Fsp3) is 0.394. The van der Waals surface area contributed by atoms with Gasteiger partial charge in [-0.15, -0.1) is 0 Å². The molecule has 224 valence electrons. The largest absolute Gasteiger partial charge is 0.490 e. The van der Waals surface area contributed by atoms with Gasteiger partial charge in [-0.2, -0.15) is 5.10 Å². The van der Waals surface area contributed by atoms with Gasteiger partial charge in [0.2, 0.25) is 0 Å². The zero-order valence-corrected chi connectivity index (χ0v) is 24.3. The molecule has 0 saturated carbocycles. The number of ether oxygens (including phenoxy) is 2. The number of benzene rings is 3. The first-order valence-electron chi connectivity index (χ1n) is 15.5. The Bertz CT molecular complexity index is 1590. The molecule has 3 fully saturated rings. The van der Waals surface area contributed by atoms with Gasteiger partial charge in [-0.05, 0) is 42.0 Å². The van der Waals surface area contributed by atoms with Crippen LogP contribution in [0.5, 0.6) is 11.5 Å². The van der Waals surface area contributed by atoms with Crippen molar-refractivity contribution >= 4 is 22.5 Å². The summed E-state index contributed by atoms with van der Waals surface area (Å²) in [5.74, 6) is 1.07. The van der Waals surface area contributed by atoms with E-state index in [1.54, 1.807) is 6.07 Å². The first-order valence-corrected chi connectivity index (χ1v) is 15.5. The van der Waals surface area contributed by atoms with Crippen LogP contribution >= 0.6 is 0 Å². The molecular weight excluding hydrogens is 547 g/mol. The van der Waals surface area contributed by atoms with Crippen molar-refractivity contribution in [2.45, 2.75) is 31.5 Å². The van der Waals surface area contributed by atoms with Crippen LogP contribution in [0.4, 0.5) is 10.1 Å². The number of likely N-dealkylation sites (tertiary alicyclic amines) is 1. The number of quaternary nitrogens is 2. The average molecular weight is 587 g/mol. The van der Waals surface area contributed by atoms with Gasteiger partial charge in [0.25, 0.3) is 5.91 Å². The number of nitrogens with two attached hydrogens (primary N) is 2. The molecule has 0 unspecified atom stereocenters. The van der Waals surface area contributed by atoms with Gasteiger partial charge in [-0.3, -0.25) is 9.89 Å². The second-order valence-electron chi connectivity index (χ2n) is 11.8. The SMILES string of the molecule is O=C(c1ccc(O[C@H]2CC[NH2+]C2)c(-c2ccc3[nH]ncc3c2)c1)N1CCC(Oc2cc(F)cc(N3CC[NH2+]CC3)c2)CC1. The molecule has 3 aromatic carbocycles. The van der Waals surface area contributed by atoms with Gasteiger partial charge >= 0.3 is 0 Å². The topological polar surface area (TPSA) is 104 Å². The van der Waals surface area contributed by atoms with E-state index < -0.39 is 0 Å². The molecule has 1 aromatic heterocycles. The van der Waals surface area contributed by atoms with Crippen molar-refractivity contribution in [1.29, 1.82) is 0 Å². The highest BCUT2D eigenvalue weighted by molar-refractivity contribution is 5.97. The van der Waals surface area contributed by atoms with Crippen LogP contribution in [0, 0.1) is 5.82 Å². The van der Waals surface area contributed by atoms with Gasteiger partial charge in [-0.25, -0.2) is 4.39 Å². The van der Waals surface area contributed by atoms with Crippen molar-refractivity contribution in [2.75, 3.05) is 57.3 Å². The Morgan fingerprint density at radius 2 is 1.74 bits per heavy atom. The second-order valence-corrected chi connectivity index (χ2v) is 11.8. The summed E-state index contributed by atoms with van der Waals surface area (Å²) in [6, 6.07) is 16.9. The van der Waals surface area contributed by atoms with Crippen LogP contribution in [0.2, 0.25) is 0 Å². The standard InChI is InChI=1S/C33H37FN6O3/c34-25-17-26(39-13-9-35-10-14-39)19-29(18-25)42-27-6-11-40(12-7-27)33(41)23-2-4-32(43-28-5-8-36-21-28)30(16-23)22-1-3-31-24(15-22)20-37-38-31/h1-4,15-20,27-28,35-36H,5-14,21H2,(H,37,38)/p+2/t28-/m0/s1. The zero-order chi connectivity index (χ0) is 29.2. The summed E-state index contributed by atoms with van der Waals surface area (Å²) in [5, 5.41) is 12.7. The summed E-state index contributed by atoms with van der Waals surface area (Å²) in [4.78, 5) is 17.8. The number of piperidine rings is 1. The predicted molar refractivity (Wildman–Crippen MR) is 162 cm³/mol. The summed E-state index contributed by atoms with van der Waals surface area (Å²) < 4.78 is 27.1. The minimum absolute atomic E-state index is 0.000200. The molecule has 4 heterocycles. The molecule has 0 spiro atoms. The van der Waals surface area contributed by atoms with Crippen molar-refractivity contribution in [3.63, 3.8) is 0 Å². The van der Waals surface area contributed by atoms with E-state index in [9.17, 15) is 9.18 Å². The number of rotatable bonds is 7. The number of halogens is 1. The van der Waals surface area contributed by atoms with Crippen molar-refractivity contribution in [2.24, 2.45) is 0 Å². The Morgan fingerprint density at radius 3 is 2.56 bits per heavy atom. The third-order valence-electron chi connectivity index (χ3n) is 8.85. The van der Waals surface area contributed by atoms with Gasteiger partial charge in [0.05, 0.1) is 44.4 Å². The van der Waals surface area contributed by atoms with Crippen molar-refractivity contribution < 1.29 is 29.3 Å². The van der Waals surface area contributed by atoms with Crippen molar-refractivity contribution in [1.82, 2.24) is 15.1 Å². The minimum Gasteiger partial charge on any atom is -0.490 e. The number of H-pyrrole nitrogens is 1. The lowest BCUT2D eigenvalue weighted by atomic mass is 9.99. The Hall–Kier alpha value is -4.15. The van der Waals surface area contributed by atoms with E-state index in [2.05, 4.69) is 31.8 Å². The van der Waals surface area contributed by atoms with Crippen LogP contribution in [0.1, 0.15) is 29.6 Å². The summed E-state index contributed by atoms with van der Waals surface area (Å²) >= 11 is 0. The Labute approximate surface area is 250 Å². The highest BCUT2D eigenvalue weighted by Crippen LogP contribution is 2.34. The number of carbonyl (C=O) groups excluding carboxylic acids is 1. The third kappa shape index (κ3) is 6.16. The van der Waals surface area contributed by atoms with Gasteiger partial charge in [0, 0.05) is 66.7 Å². The maximum Gasteiger partial charge on any atom is 0.253 e. The maximum absolute atomic E-state index is 14.5. The Kier molecular flexibility index (Phi) is 7.86. The molecule has 0 aliphatic carbocycles. The normalized spacial score (nSPS) is 19.6. The molecule has 3 aliphatic heterocycles. The number of nitrogens with zero attached hydrogens (tertiary/aromatic N) is 3. The number of carbonyl (C=O) groups is 1. The number of aromatic nitrogens is 2. The zero-order valence-electron chi connectivity index (χ0n) is 24.3. The molecule has 4 aromatic rings. The Morgan fingerprint density at radius 1 is 0.884 bits per heavy atom. The fourth-order valence-electron chi connectivity index (χ4n) is 6.47. The number of nitrogens with one attached hydrogen (secondary N) is 1. The number of hydrogen-bond donors (Lipinski definition) is 3. The molecule has 43 heavy (non-hydrogen) atoms. The molecule has 3 aliphatic rings. The smallest absolute Gasteiger partial charge is 0.253 e. The molecule has 5 N–H and O–H groups in total. The first kappa shape index (κ1) is 27.7. The van der Waals surface area contributed by atoms with Gasteiger partial charge in [0.1, 0.15) is 30.0 Å². The van der Waals surface area contributed by atoms with E-state index >= 15 is 0 Å². The molecule has 0 radical (unpaired) electrons. The first-order chi connectivity index (χ1) is 21.1. The molecule has 3 saturated heterocycles. The molecule has 1 atom stereocenters. The van der Waals surface area contributed by atoms with E-state index in [-0.39, 0.29) is 23.9 Å². The van der Waals surface area contributed by atoms with Crippen LogP contribution in [-0.4, -0.2) is 85.6 Å². The number of aromatic amines is 1. The van der Waals surface area contributed by atoms with Crippen molar-refractivity contribution in [3.8, 4) is 22.6 Å². The van der Waals surface area contributed by atoms with E-state index in [0.29, 0.717) is 37.2 Å². The number of piperazine rings is 1. The monoisotopic (exact) mass is 586 g/mol. The number of amides is 1. The summed E-state index contributed by atoms with van der Waals surface area (Å²) in [7, 11) is 0. The average Bonchev–Trinajstić information content (AvgIpc) is 3.73. The van der Waals surface area contributed by atoms with Crippen LogP contribution in [-0.2, 0) is 0 Å². The molecule has 7 rings (SSSR count). The summed E-state index contributed by atoms with van der Waals surface area (Å²) in [6.45, 7) is 6.98. The van der Waals surface area contributed by atoms with Gasteiger partial charge < -0.3 is 29.9 Å². The van der Waals surface area contributed by atoms with E-state index in [1.165, 1.54) is 6.07 Å². The Balaban J connectivity index is 1.05. The van der Waals surface area contributed by atoms with E-state index in [4.69, 9.17) is 9.47 Å². The lowest BCUT2D eigenvalue weighted by Gasteiger charge is -2.33. The lowest BCUT2D eigenvalue weighted by Crippen LogP contribution is -2.89. The predicted octanol–water partition coefficient (Wildman–Crippen LogP) is 2.15. The van der Waals surface area contributed by atoms with E-state index in [0.717, 1.165) is 79.2 Å². The van der Waals surface area contributed by atoms with Gasteiger partial charge in [-0.1, -0.05) is 6.07 Å². The fourth-order valence-corrected chi connectivity index (χ4v) is 6.47. The molecule has 0 bridgehead atoms. The summed E-state index contributed by atoms with van der Waals surface area (Å²) in [5.41, 5.74) is 4.38. The number of hydrogen-bond acceptors (Lipinski definition) is 5. The van der Waals surface area contributed by atoms with Crippen molar-refractivity contribution in [3.05, 3.63) is 72.2 Å². The lowest BCUT2D eigenvalue weighted by molar-refractivity contribution is -0.655. The number of fused-ring (bicyclic) bond motifs is 1. The quantitative estimate of drug-likeness (QED) is 0.308. The van der Waals surface area contributed by atoms with Gasteiger partial charge in [0.15, 0.2) is 6.10 Å². The van der Waals surface area contributed by atoms with E-state index in [1.807, 2.05) is 47.5 Å².